The van der Waals surface area contributed by atoms with Crippen LogP contribution in [0.2, 0.25) is 0 Å². The third kappa shape index (κ3) is 4.04. The summed E-state index contributed by atoms with van der Waals surface area (Å²) in [5.74, 6) is -0.459. The molecule has 0 saturated heterocycles. The van der Waals surface area contributed by atoms with Crippen LogP contribution in [0.4, 0.5) is 4.39 Å². The van der Waals surface area contributed by atoms with E-state index in [9.17, 15) is 9.18 Å². The molecule has 1 aromatic heterocycles. The molecule has 2 aromatic carbocycles. The first-order valence-electron chi connectivity index (χ1n) is 8.56. The lowest BCUT2D eigenvalue weighted by molar-refractivity contribution is 0.0697. The number of nitriles is 1. The lowest BCUT2D eigenvalue weighted by Gasteiger charge is -2.27. The first kappa shape index (κ1) is 18.7. The molecule has 1 unspecified atom stereocenters. The van der Waals surface area contributed by atoms with Gasteiger partial charge in [-0.3, -0.25) is 4.79 Å². The van der Waals surface area contributed by atoms with Crippen molar-refractivity contribution in [1.82, 2.24) is 9.88 Å². The molecule has 0 fully saturated rings. The van der Waals surface area contributed by atoms with Gasteiger partial charge in [-0.2, -0.15) is 5.26 Å². The Bertz CT molecular complexity index is 974. The highest BCUT2D eigenvalue weighted by molar-refractivity contribution is 7.13. The van der Waals surface area contributed by atoms with Crippen molar-refractivity contribution in [3.8, 4) is 16.6 Å². The molecule has 27 heavy (non-hydrogen) atoms. The van der Waals surface area contributed by atoms with Crippen molar-refractivity contribution in [2.24, 2.45) is 0 Å². The Kier molecular flexibility index (Phi) is 5.63. The van der Waals surface area contributed by atoms with Crippen LogP contribution in [0, 0.1) is 17.1 Å². The van der Waals surface area contributed by atoms with Crippen LogP contribution in [0.15, 0.2) is 53.9 Å². The Morgan fingerprint density at radius 3 is 2.48 bits per heavy atom. The van der Waals surface area contributed by atoms with Crippen LogP contribution in [-0.4, -0.2) is 22.3 Å². The van der Waals surface area contributed by atoms with Crippen molar-refractivity contribution in [2.45, 2.75) is 19.9 Å². The summed E-state index contributed by atoms with van der Waals surface area (Å²) < 4.78 is 13.1. The molecule has 1 heterocycles. The number of aromatic nitrogens is 1. The van der Waals surface area contributed by atoms with Gasteiger partial charge in [0, 0.05) is 17.5 Å². The Labute approximate surface area is 161 Å². The van der Waals surface area contributed by atoms with Crippen molar-refractivity contribution < 1.29 is 9.18 Å². The third-order valence-corrected chi connectivity index (χ3v) is 5.30. The number of amides is 1. The second-order valence-electron chi connectivity index (χ2n) is 6.05. The summed E-state index contributed by atoms with van der Waals surface area (Å²) in [6.07, 6.45) is 0. The first-order valence-corrected chi connectivity index (χ1v) is 9.44. The molecule has 0 spiro atoms. The highest BCUT2D eigenvalue weighted by Gasteiger charge is 2.23. The average molecular weight is 379 g/mol. The summed E-state index contributed by atoms with van der Waals surface area (Å²) >= 11 is 1.36. The van der Waals surface area contributed by atoms with Crippen LogP contribution < -0.4 is 0 Å². The molecular weight excluding hydrogens is 361 g/mol. The van der Waals surface area contributed by atoms with Crippen LogP contribution in [0.1, 0.15) is 41.5 Å². The van der Waals surface area contributed by atoms with Crippen molar-refractivity contribution in [3.05, 3.63) is 76.5 Å². The van der Waals surface area contributed by atoms with Crippen molar-refractivity contribution in [1.29, 1.82) is 5.26 Å². The number of carbonyl (C=O) groups excluding carboxylic acids is 1. The summed E-state index contributed by atoms with van der Waals surface area (Å²) in [4.78, 5) is 19.2. The van der Waals surface area contributed by atoms with Gasteiger partial charge in [0.2, 0.25) is 0 Å². The molecule has 0 aliphatic rings. The molecule has 1 atom stereocenters. The fourth-order valence-electron chi connectivity index (χ4n) is 2.85. The molecule has 0 aliphatic heterocycles. The number of halogens is 1. The molecule has 0 bridgehead atoms. The normalized spacial score (nSPS) is 11.6. The molecule has 136 valence electrons. The maximum Gasteiger partial charge on any atom is 0.273 e. The van der Waals surface area contributed by atoms with Crippen LogP contribution in [-0.2, 0) is 0 Å². The largest absolute Gasteiger partial charge is 0.331 e. The number of thiazole rings is 1. The summed E-state index contributed by atoms with van der Waals surface area (Å²) in [7, 11) is 0. The van der Waals surface area contributed by atoms with Crippen LogP contribution in [0.3, 0.4) is 0 Å². The average Bonchev–Trinajstić information content (AvgIpc) is 3.19. The molecule has 3 aromatic rings. The van der Waals surface area contributed by atoms with Gasteiger partial charge in [-0.05, 0) is 55.8 Å². The van der Waals surface area contributed by atoms with Gasteiger partial charge in [-0.25, -0.2) is 9.37 Å². The van der Waals surface area contributed by atoms with E-state index in [0.29, 0.717) is 22.8 Å². The van der Waals surface area contributed by atoms with E-state index < -0.39 is 0 Å². The lowest BCUT2D eigenvalue weighted by atomic mass is 10.0. The monoisotopic (exact) mass is 379 g/mol. The predicted molar refractivity (Wildman–Crippen MR) is 104 cm³/mol. The van der Waals surface area contributed by atoms with E-state index >= 15 is 0 Å². The van der Waals surface area contributed by atoms with E-state index in [4.69, 9.17) is 5.26 Å². The summed E-state index contributed by atoms with van der Waals surface area (Å²) in [6.45, 7) is 4.41. The zero-order valence-corrected chi connectivity index (χ0v) is 15.8. The lowest BCUT2D eigenvalue weighted by Crippen LogP contribution is -2.33. The molecule has 4 nitrogen and oxygen atoms in total. The molecule has 0 aliphatic carbocycles. The Morgan fingerprint density at radius 2 is 1.89 bits per heavy atom. The fraction of sp³-hybridized carbons (Fsp3) is 0.190. The van der Waals surface area contributed by atoms with E-state index in [-0.39, 0.29) is 17.8 Å². The maximum absolute atomic E-state index is 13.1. The van der Waals surface area contributed by atoms with Crippen LogP contribution >= 0.6 is 11.3 Å². The Hall–Kier alpha value is -3.04. The maximum atomic E-state index is 13.1. The molecule has 3 rings (SSSR count). The van der Waals surface area contributed by atoms with E-state index in [1.807, 2.05) is 26.0 Å². The minimum absolute atomic E-state index is 0.147. The van der Waals surface area contributed by atoms with Crippen molar-refractivity contribution in [3.63, 3.8) is 0 Å². The number of carbonyl (C=O) groups is 1. The van der Waals surface area contributed by atoms with Gasteiger partial charge in [-0.15, -0.1) is 11.3 Å². The van der Waals surface area contributed by atoms with Gasteiger partial charge in [0.25, 0.3) is 5.91 Å². The summed E-state index contributed by atoms with van der Waals surface area (Å²) in [5, 5.41) is 11.3. The Balaban J connectivity index is 1.82. The number of hydrogen-bond donors (Lipinski definition) is 0. The summed E-state index contributed by atoms with van der Waals surface area (Å²) in [5.41, 5.74) is 2.70. The second kappa shape index (κ2) is 8.11. The fourth-order valence-corrected chi connectivity index (χ4v) is 3.65. The minimum Gasteiger partial charge on any atom is -0.331 e. The van der Waals surface area contributed by atoms with Gasteiger partial charge >= 0.3 is 0 Å². The second-order valence-corrected chi connectivity index (χ2v) is 6.90. The van der Waals surface area contributed by atoms with E-state index in [2.05, 4.69) is 11.1 Å². The summed E-state index contributed by atoms with van der Waals surface area (Å²) in [6, 6.07) is 15.2. The van der Waals surface area contributed by atoms with E-state index in [0.717, 1.165) is 11.1 Å². The van der Waals surface area contributed by atoms with E-state index in [1.54, 1.807) is 34.5 Å². The zero-order valence-electron chi connectivity index (χ0n) is 15.0. The van der Waals surface area contributed by atoms with Crippen LogP contribution in [0.25, 0.3) is 10.6 Å². The highest BCUT2D eigenvalue weighted by Crippen LogP contribution is 2.27. The predicted octanol–water partition coefficient (Wildman–Crippen LogP) is 5.04. The molecule has 1 amide bonds. The van der Waals surface area contributed by atoms with Gasteiger partial charge in [-0.1, -0.05) is 12.1 Å². The molecule has 0 N–H and O–H groups in total. The molecule has 6 heteroatoms. The SMILES string of the molecule is CCN(C(=O)c1csc(-c2ccc(F)cc2)n1)C(C)c1ccc(C#N)cc1. The smallest absolute Gasteiger partial charge is 0.273 e. The standard InChI is InChI=1S/C21H18FN3OS/c1-3-25(14(2)16-6-4-15(12-23)5-7-16)21(26)19-13-27-20(24-19)17-8-10-18(22)11-9-17/h4-11,13-14H,3H2,1-2H3. The quantitative estimate of drug-likeness (QED) is 0.624. The van der Waals surface area contributed by atoms with Gasteiger partial charge in [0.05, 0.1) is 17.7 Å². The number of hydrogen-bond acceptors (Lipinski definition) is 4. The van der Waals surface area contributed by atoms with Crippen molar-refractivity contribution in [2.75, 3.05) is 6.54 Å². The number of rotatable bonds is 5. The van der Waals surface area contributed by atoms with E-state index in [1.165, 1.54) is 23.5 Å². The first-order chi connectivity index (χ1) is 13.0. The molecule has 0 radical (unpaired) electrons. The number of nitrogens with zero attached hydrogens (tertiary/aromatic N) is 3. The van der Waals surface area contributed by atoms with Gasteiger partial charge in [0.1, 0.15) is 16.5 Å². The third-order valence-electron chi connectivity index (χ3n) is 4.41. The minimum atomic E-state index is -0.306. The zero-order chi connectivity index (χ0) is 19.4. The Morgan fingerprint density at radius 1 is 1.22 bits per heavy atom. The van der Waals surface area contributed by atoms with Crippen molar-refractivity contribution >= 4 is 17.2 Å². The van der Waals surface area contributed by atoms with Gasteiger partial charge in [0.15, 0.2) is 0 Å². The van der Waals surface area contributed by atoms with Gasteiger partial charge < -0.3 is 4.90 Å². The highest BCUT2D eigenvalue weighted by atomic mass is 32.1. The topological polar surface area (TPSA) is 57.0 Å². The van der Waals surface area contributed by atoms with Crippen LogP contribution in [0.5, 0.6) is 0 Å². The molecule has 0 saturated carbocycles. The number of benzene rings is 2. The molecular formula is C21H18FN3OS.